The summed E-state index contributed by atoms with van der Waals surface area (Å²) in [4.78, 5) is 14.5. The monoisotopic (exact) mass is 277 g/mol. The summed E-state index contributed by atoms with van der Waals surface area (Å²) in [6.45, 7) is 0. The number of nitrogens with one attached hydrogen (secondary N) is 1. The maximum Gasteiger partial charge on any atom is 0.251 e. The Bertz CT molecular complexity index is 480. The molecule has 0 heterocycles. The van der Waals surface area contributed by atoms with Gasteiger partial charge in [0.25, 0.3) is 5.91 Å². The zero-order chi connectivity index (χ0) is 14.0. The number of rotatable bonds is 5. The molecule has 0 aromatic heterocycles. The van der Waals surface area contributed by atoms with E-state index in [-0.39, 0.29) is 11.9 Å². The largest absolute Gasteiger partial charge is 0.392 e. The van der Waals surface area contributed by atoms with Crippen molar-refractivity contribution in [2.24, 2.45) is 11.7 Å². The van der Waals surface area contributed by atoms with Gasteiger partial charge in [-0.05, 0) is 43.0 Å². The number of hydrogen-bond donors (Lipinski definition) is 2. The molecule has 0 bridgehead atoms. The maximum atomic E-state index is 12.1. The van der Waals surface area contributed by atoms with Gasteiger partial charge < -0.3 is 16.0 Å². The Balaban J connectivity index is 2.04. The van der Waals surface area contributed by atoms with Crippen molar-refractivity contribution >= 4 is 28.8 Å². The van der Waals surface area contributed by atoms with Crippen LogP contribution in [0, 0.1) is 5.92 Å². The minimum atomic E-state index is -0.170. The van der Waals surface area contributed by atoms with Crippen LogP contribution in [0.2, 0.25) is 0 Å². The summed E-state index contributed by atoms with van der Waals surface area (Å²) in [6.07, 6.45) is 2.17. The molecule has 0 saturated heterocycles. The van der Waals surface area contributed by atoms with E-state index < -0.39 is 0 Å². The Hall–Kier alpha value is -1.62. The molecule has 102 valence electrons. The summed E-state index contributed by atoms with van der Waals surface area (Å²) in [7, 11) is 3.93. The molecule has 2 rings (SSSR count). The summed E-state index contributed by atoms with van der Waals surface area (Å²) in [5.41, 5.74) is 7.37. The van der Waals surface area contributed by atoms with E-state index in [9.17, 15) is 4.79 Å². The van der Waals surface area contributed by atoms with Gasteiger partial charge in [0.05, 0.1) is 11.0 Å². The molecule has 0 aliphatic heterocycles. The summed E-state index contributed by atoms with van der Waals surface area (Å²) in [5.74, 6) is 0.303. The van der Waals surface area contributed by atoms with Gasteiger partial charge in [0.1, 0.15) is 0 Å². The Labute approximate surface area is 119 Å². The van der Waals surface area contributed by atoms with E-state index in [4.69, 9.17) is 18.0 Å². The van der Waals surface area contributed by atoms with Crippen molar-refractivity contribution in [1.29, 1.82) is 0 Å². The van der Waals surface area contributed by atoms with Crippen LogP contribution in [0.4, 0.5) is 5.69 Å². The molecule has 1 aliphatic rings. The van der Waals surface area contributed by atoms with Crippen LogP contribution in [-0.2, 0) is 0 Å². The van der Waals surface area contributed by atoms with E-state index in [1.807, 2.05) is 43.3 Å². The van der Waals surface area contributed by atoms with E-state index in [1.54, 1.807) is 0 Å². The molecule has 0 radical (unpaired) electrons. The molecular formula is C14H19N3OS. The first kappa shape index (κ1) is 13.8. The van der Waals surface area contributed by atoms with E-state index in [0.717, 1.165) is 18.5 Å². The fraction of sp³-hybridized carbons (Fsp3) is 0.429. The Morgan fingerprint density at radius 2 is 1.95 bits per heavy atom. The van der Waals surface area contributed by atoms with Crippen molar-refractivity contribution in [3.63, 3.8) is 0 Å². The fourth-order valence-corrected chi connectivity index (χ4v) is 2.24. The van der Waals surface area contributed by atoms with Crippen LogP contribution in [0.1, 0.15) is 23.2 Å². The second-order valence-electron chi connectivity index (χ2n) is 5.13. The van der Waals surface area contributed by atoms with E-state index in [0.29, 0.717) is 16.5 Å². The zero-order valence-corrected chi connectivity index (χ0v) is 12.0. The van der Waals surface area contributed by atoms with Gasteiger partial charge in [0.15, 0.2) is 0 Å². The molecule has 19 heavy (non-hydrogen) atoms. The SMILES string of the molecule is CN(C)c1ccc(C(=O)NC(C(N)=S)C2CC2)cc1. The van der Waals surface area contributed by atoms with Gasteiger partial charge >= 0.3 is 0 Å². The van der Waals surface area contributed by atoms with Crippen molar-refractivity contribution in [1.82, 2.24) is 5.32 Å². The molecule has 4 nitrogen and oxygen atoms in total. The topological polar surface area (TPSA) is 58.4 Å². The van der Waals surface area contributed by atoms with Crippen LogP contribution in [0.5, 0.6) is 0 Å². The number of anilines is 1. The van der Waals surface area contributed by atoms with Gasteiger partial charge in [-0.2, -0.15) is 0 Å². The van der Waals surface area contributed by atoms with Crippen LogP contribution in [-0.4, -0.2) is 31.0 Å². The molecule has 0 spiro atoms. The molecular weight excluding hydrogens is 258 g/mol. The third kappa shape index (κ3) is 3.44. The van der Waals surface area contributed by atoms with Crippen molar-refractivity contribution in [3.8, 4) is 0 Å². The first-order chi connectivity index (χ1) is 8.99. The molecule has 3 N–H and O–H groups in total. The van der Waals surface area contributed by atoms with Gasteiger partial charge in [-0.25, -0.2) is 0 Å². The van der Waals surface area contributed by atoms with Crippen molar-refractivity contribution in [2.75, 3.05) is 19.0 Å². The highest BCUT2D eigenvalue weighted by Crippen LogP contribution is 2.32. The van der Waals surface area contributed by atoms with Crippen LogP contribution in [0.25, 0.3) is 0 Å². The van der Waals surface area contributed by atoms with Crippen molar-refractivity contribution in [2.45, 2.75) is 18.9 Å². The Kier molecular flexibility index (Phi) is 4.04. The number of thiocarbonyl (C=S) groups is 1. The highest BCUT2D eigenvalue weighted by atomic mass is 32.1. The second-order valence-corrected chi connectivity index (χ2v) is 5.60. The van der Waals surface area contributed by atoms with Crippen molar-refractivity contribution in [3.05, 3.63) is 29.8 Å². The lowest BCUT2D eigenvalue weighted by molar-refractivity contribution is 0.0944. The predicted molar refractivity (Wildman–Crippen MR) is 81.5 cm³/mol. The van der Waals surface area contributed by atoms with E-state index >= 15 is 0 Å². The number of carbonyl (C=O) groups is 1. The number of nitrogens with zero attached hydrogens (tertiary/aromatic N) is 1. The first-order valence-corrected chi connectivity index (χ1v) is 6.77. The number of amides is 1. The molecule has 1 aromatic rings. The van der Waals surface area contributed by atoms with Gasteiger partial charge in [0.2, 0.25) is 0 Å². The lowest BCUT2D eigenvalue weighted by Gasteiger charge is -2.17. The summed E-state index contributed by atoms with van der Waals surface area (Å²) in [5, 5.41) is 2.92. The van der Waals surface area contributed by atoms with Gasteiger partial charge in [-0.3, -0.25) is 4.79 Å². The molecule has 1 fully saturated rings. The normalized spacial score (nSPS) is 15.7. The minimum Gasteiger partial charge on any atom is -0.392 e. The average Bonchev–Trinajstić information content (AvgIpc) is 3.19. The minimum absolute atomic E-state index is 0.116. The first-order valence-electron chi connectivity index (χ1n) is 6.36. The number of nitrogens with two attached hydrogens (primary N) is 1. The van der Waals surface area contributed by atoms with Crippen LogP contribution in [0.15, 0.2) is 24.3 Å². The fourth-order valence-electron chi connectivity index (χ4n) is 1.99. The molecule has 1 aromatic carbocycles. The van der Waals surface area contributed by atoms with Crippen LogP contribution >= 0.6 is 12.2 Å². The lowest BCUT2D eigenvalue weighted by atomic mass is 10.1. The van der Waals surface area contributed by atoms with E-state index in [2.05, 4.69) is 5.32 Å². The highest BCUT2D eigenvalue weighted by molar-refractivity contribution is 7.80. The molecule has 1 saturated carbocycles. The third-order valence-corrected chi connectivity index (χ3v) is 3.59. The summed E-state index contributed by atoms with van der Waals surface area (Å²) >= 11 is 5.01. The molecule has 1 aliphatic carbocycles. The van der Waals surface area contributed by atoms with Gasteiger partial charge in [0, 0.05) is 25.3 Å². The third-order valence-electron chi connectivity index (χ3n) is 3.33. The number of carbonyl (C=O) groups excluding carboxylic acids is 1. The molecule has 1 atom stereocenters. The quantitative estimate of drug-likeness (QED) is 0.802. The van der Waals surface area contributed by atoms with Crippen LogP contribution in [0.3, 0.4) is 0 Å². The lowest BCUT2D eigenvalue weighted by Crippen LogP contribution is -2.45. The Morgan fingerprint density at radius 3 is 2.37 bits per heavy atom. The Morgan fingerprint density at radius 1 is 1.37 bits per heavy atom. The predicted octanol–water partition coefficient (Wildman–Crippen LogP) is 1.55. The number of benzene rings is 1. The standard InChI is InChI=1S/C14H19N3OS/c1-17(2)11-7-5-10(6-8-11)14(18)16-12(13(15)19)9-3-4-9/h5-9,12H,3-4H2,1-2H3,(H2,15,19)(H,16,18). The highest BCUT2D eigenvalue weighted by Gasteiger charge is 2.34. The second kappa shape index (κ2) is 5.57. The maximum absolute atomic E-state index is 12.1. The summed E-state index contributed by atoms with van der Waals surface area (Å²) in [6, 6.07) is 7.29. The molecule has 1 unspecified atom stereocenters. The van der Waals surface area contributed by atoms with Crippen LogP contribution < -0.4 is 16.0 Å². The zero-order valence-electron chi connectivity index (χ0n) is 11.2. The van der Waals surface area contributed by atoms with E-state index in [1.165, 1.54) is 0 Å². The number of hydrogen-bond acceptors (Lipinski definition) is 3. The van der Waals surface area contributed by atoms with Gasteiger partial charge in [-0.15, -0.1) is 0 Å². The van der Waals surface area contributed by atoms with Gasteiger partial charge in [-0.1, -0.05) is 12.2 Å². The molecule has 1 amide bonds. The smallest absolute Gasteiger partial charge is 0.251 e. The van der Waals surface area contributed by atoms with Crippen molar-refractivity contribution < 1.29 is 4.79 Å². The average molecular weight is 277 g/mol. The summed E-state index contributed by atoms with van der Waals surface area (Å²) < 4.78 is 0. The molecule has 5 heteroatoms.